The van der Waals surface area contributed by atoms with E-state index in [4.69, 9.17) is 10.5 Å². The van der Waals surface area contributed by atoms with Crippen LogP contribution < -0.4 is 10.5 Å². The molecule has 2 aliphatic heterocycles. The van der Waals surface area contributed by atoms with Gasteiger partial charge in [-0.2, -0.15) is 0 Å². The standard InChI is InChI=1S/C22H26N2O/c1-13-5-6-15-7-8-16(11-20(15)25-13)19-12-18(14-3-2-4-14)17-9-10-24-22(23)21(17)19/h5-11,13-14,17-19,21H,2-4,12H2,1H3,(H2,23,24). The summed E-state index contributed by atoms with van der Waals surface area (Å²) >= 11 is 0. The van der Waals surface area contributed by atoms with E-state index in [2.05, 4.69) is 48.3 Å². The van der Waals surface area contributed by atoms with E-state index < -0.39 is 0 Å². The normalized spacial score (nSPS) is 36.2. The molecule has 0 bridgehead atoms. The summed E-state index contributed by atoms with van der Waals surface area (Å²) in [6, 6.07) is 6.73. The van der Waals surface area contributed by atoms with E-state index >= 15 is 0 Å². The Balaban J connectivity index is 1.50. The molecule has 5 atom stereocenters. The molecular weight excluding hydrogens is 308 g/mol. The van der Waals surface area contributed by atoms with Crippen LogP contribution in [0.2, 0.25) is 0 Å². The molecule has 3 nitrogen and oxygen atoms in total. The molecule has 2 aliphatic carbocycles. The largest absolute Gasteiger partial charge is 0.486 e. The third-order valence-corrected chi connectivity index (χ3v) is 6.82. The Hall–Kier alpha value is -2.03. The predicted molar refractivity (Wildman–Crippen MR) is 101 cm³/mol. The van der Waals surface area contributed by atoms with Crippen molar-refractivity contribution in [2.24, 2.45) is 34.4 Å². The first kappa shape index (κ1) is 15.2. The van der Waals surface area contributed by atoms with E-state index in [9.17, 15) is 0 Å². The Morgan fingerprint density at radius 1 is 1.20 bits per heavy atom. The van der Waals surface area contributed by atoms with Crippen LogP contribution in [0, 0.1) is 23.7 Å². The van der Waals surface area contributed by atoms with E-state index in [0.29, 0.717) is 17.8 Å². The van der Waals surface area contributed by atoms with Crippen molar-refractivity contribution >= 4 is 11.9 Å². The summed E-state index contributed by atoms with van der Waals surface area (Å²) in [5.74, 6) is 4.84. The number of allylic oxidation sites excluding steroid dienone is 1. The predicted octanol–water partition coefficient (Wildman–Crippen LogP) is 4.50. The average Bonchev–Trinajstić information content (AvgIpc) is 2.93. The fraction of sp³-hybridized carbons (Fsp3) is 0.500. The van der Waals surface area contributed by atoms with Gasteiger partial charge in [-0.1, -0.05) is 43.5 Å². The van der Waals surface area contributed by atoms with Gasteiger partial charge < -0.3 is 10.5 Å². The maximum atomic E-state index is 6.39. The first-order valence-corrected chi connectivity index (χ1v) is 9.69. The van der Waals surface area contributed by atoms with Crippen molar-refractivity contribution in [3.63, 3.8) is 0 Å². The summed E-state index contributed by atoms with van der Waals surface area (Å²) in [7, 11) is 0. The summed E-state index contributed by atoms with van der Waals surface area (Å²) in [5.41, 5.74) is 8.93. The first-order chi connectivity index (χ1) is 12.2. The minimum Gasteiger partial charge on any atom is -0.486 e. The highest BCUT2D eigenvalue weighted by Crippen LogP contribution is 2.55. The van der Waals surface area contributed by atoms with Crippen LogP contribution in [-0.2, 0) is 0 Å². The maximum absolute atomic E-state index is 6.39. The summed E-state index contributed by atoms with van der Waals surface area (Å²) in [5, 5.41) is 0. The molecule has 0 spiro atoms. The van der Waals surface area contributed by atoms with E-state index in [0.717, 1.165) is 23.4 Å². The molecule has 5 unspecified atom stereocenters. The smallest absolute Gasteiger partial charge is 0.127 e. The molecule has 130 valence electrons. The molecule has 4 aliphatic rings. The van der Waals surface area contributed by atoms with Gasteiger partial charge in [0, 0.05) is 17.7 Å². The molecule has 0 amide bonds. The molecule has 25 heavy (non-hydrogen) atoms. The topological polar surface area (TPSA) is 47.6 Å². The number of ether oxygens (including phenoxy) is 1. The van der Waals surface area contributed by atoms with Crippen molar-refractivity contribution in [3.05, 3.63) is 47.7 Å². The monoisotopic (exact) mass is 334 g/mol. The van der Waals surface area contributed by atoms with Gasteiger partial charge in [-0.3, -0.25) is 0 Å². The molecule has 0 saturated heterocycles. The van der Waals surface area contributed by atoms with E-state index in [-0.39, 0.29) is 6.10 Å². The molecule has 2 heterocycles. The zero-order chi connectivity index (χ0) is 17.0. The number of benzene rings is 1. The van der Waals surface area contributed by atoms with Gasteiger partial charge in [-0.05, 0) is 54.7 Å². The second-order valence-electron chi connectivity index (χ2n) is 8.18. The van der Waals surface area contributed by atoms with Crippen LogP contribution in [0.3, 0.4) is 0 Å². The third kappa shape index (κ3) is 2.44. The Morgan fingerprint density at radius 3 is 2.88 bits per heavy atom. The molecule has 1 aromatic carbocycles. The van der Waals surface area contributed by atoms with E-state index in [1.807, 2.05) is 6.20 Å². The second kappa shape index (κ2) is 5.76. The molecule has 3 heteroatoms. The number of rotatable bonds is 2. The molecule has 2 saturated carbocycles. The lowest BCUT2D eigenvalue weighted by Crippen LogP contribution is -2.34. The lowest BCUT2D eigenvalue weighted by atomic mass is 9.70. The van der Waals surface area contributed by atoms with Crippen LogP contribution in [0.25, 0.3) is 6.08 Å². The zero-order valence-corrected chi connectivity index (χ0v) is 14.8. The Bertz CT molecular complexity index is 774. The van der Waals surface area contributed by atoms with Crippen LogP contribution in [0.5, 0.6) is 5.75 Å². The summed E-state index contributed by atoms with van der Waals surface area (Å²) in [6.07, 6.45) is 14.1. The maximum Gasteiger partial charge on any atom is 0.127 e. The van der Waals surface area contributed by atoms with Gasteiger partial charge in [-0.15, -0.1) is 0 Å². The molecule has 2 fully saturated rings. The van der Waals surface area contributed by atoms with E-state index in [1.165, 1.54) is 36.8 Å². The molecule has 0 aromatic heterocycles. The minimum absolute atomic E-state index is 0.144. The second-order valence-corrected chi connectivity index (χ2v) is 8.18. The van der Waals surface area contributed by atoms with Crippen molar-refractivity contribution < 1.29 is 4.74 Å². The number of hydrogen-bond acceptors (Lipinski definition) is 3. The highest BCUT2D eigenvalue weighted by Gasteiger charge is 2.49. The molecular formula is C22H26N2O. The van der Waals surface area contributed by atoms with Crippen LogP contribution in [0.4, 0.5) is 0 Å². The number of hydrogen-bond donors (Lipinski definition) is 1. The number of fused-ring (bicyclic) bond motifs is 2. The third-order valence-electron chi connectivity index (χ3n) is 6.82. The highest BCUT2D eigenvalue weighted by atomic mass is 16.5. The first-order valence-electron chi connectivity index (χ1n) is 9.69. The van der Waals surface area contributed by atoms with Gasteiger partial charge in [0.05, 0.1) is 0 Å². The van der Waals surface area contributed by atoms with Crippen molar-refractivity contribution in [2.45, 2.75) is 44.6 Å². The van der Waals surface area contributed by atoms with Gasteiger partial charge in [0.2, 0.25) is 0 Å². The summed E-state index contributed by atoms with van der Waals surface area (Å²) < 4.78 is 6.04. The number of nitrogens with two attached hydrogens (primary N) is 1. The van der Waals surface area contributed by atoms with Crippen LogP contribution in [0.1, 0.15) is 49.7 Å². The van der Waals surface area contributed by atoms with Gasteiger partial charge in [0.1, 0.15) is 17.7 Å². The van der Waals surface area contributed by atoms with Gasteiger partial charge >= 0.3 is 0 Å². The van der Waals surface area contributed by atoms with Crippen LogP contribution in [0.15, 0.2) is 41.5 Å². The lowest BCUT2D eigenvalue weighted by molar-refractivity contribution is 0.179. The van der Waals surface area contributed by atoms with Crippen molar-refractivity contribution in [1.82, 2.24) is 0 Å². The Labute approximate surface area is 149 Å². The number of amidine groups is 1. The number of aliphatic imine (C=N–C) groups is 1. The van der Waals surface area contributed by atoms with Crippen LogP contribution in [-0.4, -0.2) is 11.9 Å². The average molecular weight is 334 g/mol. The van der Waals surface area contributed by atoms with Crippen molar-refractivity contribution in [2.75, 3.05) is 0 Å². The Morgan fingerprint density at radius 2 is 2.08 bits per heavy atom. The highest BCUT2D eigenvalue weighted by molar-refractivity contribution is 5.86. The zero-order valence-electron chi connectivity index (χ0n) is 14.8. The summed E-state index contributed by atoms with van der Waals surface area (Å²) in [4.78, 5) is 4.46. The van der Waals surface area contributed by atoms with E-state index in [1.54, 1.807) is 0 Å². The Kier molecular flexibility index (Phi) is 3.51. The summed E-state index contributed by atoms with van der Waals surface area (Å²) in [6.45, 7) is 2.08. The molecule has 5 rings (SSSR count). The van der Waals surface area contributed by atoms with Crippen molar-refractivity contribution in [1.29, 1.82) is 0 Å². The molecule has 1 aromatic rings. The van der Waals surface area contributed by atoms with Gasteiger partial charge in [-0.25, -0.2) is 4.99 Å². The number of nitrogens with zero attached hydrogens (tertiary/aromatic N) is 1. The lowest BCUT2D eigenvalue weighted by Gasteiger charge is -2.35. The minimum atomic E-state index is 0.144. The molecule has 0 radical (unpaired) electrons. The fourth-order valence-corrected chi connectivity index (χ4v) is 5.33. The quantitative estimate of drug-likeness (QED) is 0.865. The van der Waals surface area contributed by atoms with Gasteiger partial charge in [0.25, 0.3) is 0 Å². The van der Waals surface area contributed by atoms with Crippen molar-refractivity contribution in [3.8, 4) is 5.75 Å². The molecule has 2 N–H and O–H groups in total. The fourth-order valence-electron chi connectivity index (χ4n) is 5.33. The van der Waals surface area contributed by atoms with Gasteiger partial charge in [0.15, 0.2) is 0 Å². The van der Waals surface area contributed by atoms with Crippen LogP contribution >= 0.6 is 0 Å². The SMILES string of the molecule is CC1C=Cc2ccc(C3CC(C4CCC4)C4C=CN=C(N)C34)cc2O1.